The van der Waals surface area contributed by atoms with Gasteiger partial charge in [0.1, 0.15) is 0 Å². The van der Waals surface area contributed by atoms with Crippen molar-refractivity contribution in [2.24, 2.45) is 5.41 Å². The van der Waals surface area contributed by atoms with Crippen molar-refractivity contribution in [2.75, 3.05) is 32.8 Å². The Kier molecular flexibility index (Phi) is 7.44. The molecule has 0 saturated heterocycles. The molecule has 0 aromatic carbocycles. The van der Waals surface area contributed by atoms with Crippen molar-refractivity contribution in [3.63, 3.8) is 0 Å². The maximum absolute atomic E-state index is 12.7. The highest BCUT2D eigenvalue weighted by Gasteiger charge is 2.37. The first-order valence-corrected chi connectivity index (χ1v) is 7.90. The molecule has 0 atom stereocenters. The van der Waals surface area contributed by atoms with Crippen LogP contribution in [0.1, 0.15) is 46.0 Å². The third kappa shape index (κ3) is 7.47. The summed E-state index contributed by atoms with van der Waals surface area (Å²) in [6.07, 6.45) is 1.05. The number of aliphatic hydroxyl groups is 1. The standard InChI is InChI=1S/C15H29F3N2O/c1-13(2)19-10-14(6-4-3-5-7-14)11-20(8-9-21)12-15(16,17)18/h13,19,21H,3-12H2,1-2H3. The fourth-order valence-electron chi connectivity index (χ4n) is 3.20. The molecule has 0 heterocycles. The molecular formula is C15H29F3N2O. The van der Waals surface area contributed by atoms with E-state index in [0.717, 1.165) is 32.2 Å². The van der Waals surface area contributed by atoms with Crippen LogP contribution in [0, 0.1) is 5.41 Å². The minimum absolute atomic E-state index is 0.0862. The molecule has 126 valence electrons. The van der Waals surface area contributed by atoms with E-state index < -0.39 is 12.7 Å². The Bertz CT molecular complexity index is 289. The van der Waals surface area contributed by atoms with E-state index in [0.29, 0.717) is 12.6 Å². The molecule has 2 N–H and O–H groups in total. The second-order valence-electron chi connectivity index (χ2n) is 6.65. The Morgan fingerprint density at radius 2 is 1.81 bits per heavy atom. The lowest BCUT2D eigenvalue weighted by Crippen LogP contribution is -2.49. The summed E-state index contributed by atoms with van der Waals surface area (Å²) in [6, 6.07) is 0.331. The molecule has 0 bridgehead atoms. The molecule has 21 heavy (non-hydrogen) atoms. The van der Waals surface area contributed by atoms with Crippen LogP contribution in [-0.4, -0.2) is 55.0 Å². The molecule has 6 heteroatoms. The number of nitrogens with one attached hydrogen (secondary N) is 1. The first-order chi connectivity index (χ1) is 9.76. The van der Waals surface area contributed by atoms with Crippen molar-refractivity contribution in [2.45, 2.75) is 58.2 Å². The zero-order valence-corrected chi connectivity index (χ0v) is 13.2. The molecule has 0 radical (unpaired) electrons. The topological polar surface area (TPSA) is 35.5 Å². The summed E-state index contributed by atoms with van der Waals surface area (Å²) in [5.41, 5.74) is -0.0943. The van der Waals surface area contributed by atoms with E-state index in [1.165, 1.54) is 11.3 Å². The quantitative estimate of drug-likeness (QED) is 0.724. The van der Waals surface area contributed by atoms with Crippen molar-refractivity contribution in [3.05, 3.63) is 0 Å². The van der Waals surface area contributed by atoms with Gasteiger partial charge in [0.25, 0.3) is 0 Å². The number of hydrogen-bond acceptors (Lipinski definition) is 3. The normalized spacial score (nSPS) is 19.4. The lowest BCUT2D eigenvalue weighted by Gasteiger charge is -2.42. The fourth-order valence-corrected chi connectivity index (χ4v) is 3.20. The minimum atomic E-state index is -4.21. The van der Waals surface area contributed by atoms with Gasteiger partial charge in [-0.15, -0.1) is 0 Å². The Morgan fingerprint density at radius 3 is 2.29 bits per heavy atom. The minimum Gasteiger partial charge on any atom is -0.395 e. The van der Waals surface area contributed by atoms with Gasteiger partial charge in [0.05, 0.1) is 13.2 Å². The van der Waals surface area contributed by atoms with Crippen LogP contribution in [0.2, 0.25) is 0 Å². The molecule has 1 aliphatic rings. The van der Waals surface area contributed by atoms with E-state index in [1.54, 1.807) is 0 Å². The number of halogens is 3. The van der Waals surface area contributed by atoms with Gasteiger partial charge in [0, 0.05) is 25.7 Å². The van der Waals surface area contributed by atoms with E-state index in [4.69, 9.17) is 5.11 Å². The average molecular weight is 310 g/mol. The van der Waals surface area contributed by atoms with Gasteiger partial charge in [-0.3, -0.25) is 4.90 Å². The van der Waals surface area contributed by atoms with Crippen molar-refractivity contribution in [1.29, 1.82) is 0 Å². The van der Waals surface area contributed by atoms with Crippen molar-refractivity contribution in [3.8, 4) is 0 Å². The highest BCUT2D eigenvalue weighted by molar-refractivity contribution is 4.89. The molecule has 0 unspecified atom stereocenters. The van der Waals surface area contributed by atoms with Crippen LogP contribution in [0.3, 0.4) is 0 Å². The van der Waals surface area contributed by atoms with E-state index >= 15 is 0 Å². The summed E-state index contributed by atoms with van der Waals surface area (Å²) >= 11 is 0. The third-order valence-electron chi connectivity index (χ3n) is 4.18. The monoisotopic (exact) mass is 310 g/mol. The fraction of sp³-hybridized carbons (Fsp3) is 1.00. The molecular weight excluding hydrogens is 281 g/mol. The Labute approximate surface area is 125 Å². The van der Waals surface area contributed by atoms with Crippen LogP contribution in [0.4, 0.5) is 13.2 Å². The van der Waals surface area contributed by atoms with E-state index in [2.05, 4.69) is 19.2 Å². The van der Waals surface area contributed by atoms with Crippen LogP contribution in [0.25, 0.3) is 0 Å². The van der Waals surface area contributed by atoms with Gasteiger partial charge in [0.15, 0.2) is 0 Å². The summed E-state index contributed by atoms with van der Waals surface area (Å²) in [5.74, 6) is 0. The zero-order chi connectivity index (χ0) is 15.9. The van der Waals surface area contributed by atoms with E-state index in [9.17, 15) is 13.2 Å². The van der Waals surface area contributed by atoms with Crippen LogP contribution in [0.15, 0.2) is 0 Å². The molecule has 1 fully saturated rings. The van der Waals surface area contributed by atoms with Crippen molar-refractivity contribution in [1.82, 2.24) is 10.2 Å². The number of nitrogens with zero attached hydrogens (tertiary/aromatic N) is 1. The third-order valence-corrected chi connectivity index (χ3v) is 4.18. The number of hydrogen-bond donors (Lipinski definition) is 2. The maximum Gasteiger partial charge on any atom is 0.401 e. The molecule has 0 aliphatic heterocycles. The van der Waals surface area contributed by atoms with Crippen LogP contribution < -0.4 is 5.32 Å². The summed E-state index contributed by atoms with van der Waals surface area (Å²) in [5, 5.41) is 12.4. The van der Waals surface area contributed by atoms with Crippen LogP contribution >= 0.6 is 0 Å². The molecule has 1 aliphatic carbocycles. The first-order valence-electron chi connectivity index (χ1n) is 7.90. The molecule has 0 amide bonds. The maximum atomic E-state index is 12.7. The molecule has 1 saturated carbocycles. The van der Waals surface area contributed by atoms with E-state index in [-0.39, 0.29) is 18.6 Å². The van der Waals surface area contributed by atoms with Gasteiger partial charge in [-0.05, 0) is 18.3 Å². The molecule has 3 nitrogen and oxygen atoms in total. The Balaban J connectivity index is 2.71. The van der Waals surface area contributed by atoms with Crippen molar-refractivity contribution >= 4 is 0 Å². The predicted molar refractivity (Wildman–Crippen MR) is 78.2 cm³/mol. The number of rotatable bonds is 8. The highest BCUT2D eigenvalue weighted by Crippen LogP contribution is 2.37. The Hall–Kier alpha value is -0.330. The Morgan fingerprint density at radius 1 is 1.19 bits per heavy atom. The molecule has 1 rings (SSSR count). The molecule has 0 aromatic heterocycles. The van der Waals surface area contributed by atoms with Gasteiger partial charge < -0.3 is 10.4 Å². The second kappa shape index (κ2) is 8.34. The number of alkyl halides is 3. The smallest absolute Gasteiger partial charge is 0.395 e. The van der Waals surface area contributed by atoms with Crippen LogP contribution in [0.5, 0.6) is 0 Å². The highest BCUT2D eigenvalue weighted by atomic mass is 19.4. The first kappa shape index (κ1) is 18.7. The summed E-state index contributed by atoms with van der Waals surface area (Å²) in [6.45, 7) is 4.19. The lowest BCUT2D eigenvalue weighted by molar-refractivity contribution is -0.150. The summed E-state index contributed by atoms with van der Waals surface area (Å²) in [7, 11) is 0. The van der Waals surface area contributed by atoms with E-state index in [1.807, 2.05) is 0 Å². The average Bonchev–Trinajstić information content (AvgIpc) is 2.36. The predicted octanol–water partition coefficient (Wildman–Crippen LogP) is 2.79. The van der Waals surface area contributed by atoms with Crippen molar-refractivity contribution < 1.29 is 18.3 Å². The SMILES string of the molecule is CC(C)NCC1(CN(CCO)CC(F)(F)F)CCCCC1. The molecule has 0 spiro atoms. The zero-order valence-electron chi connectivity index (χ0n) is 13.2. The van der Waals surface area contributed by atoms with Gasteiger partial charge in [-0.25, -0.2) is 0 Å². The van der Waals surface area contributed by atoms with Gasteiger partial charge >= 0.3 is 6.18 Å². The largest absolute Gasteiger partial charge is 0.401 e. The van der Waals surface area contributed by atoms with Gasteiger partial charge in [-0.2, -0.15) is 13.2 Å². The van der Waals surface area contributed by atoms with Crippen LogP contribution in [-0.2, 0) is 0 Å². The van der Waals surface area contributed by atoms with Gasteiger partial charge in [-0.1, -0.05) is 33.1 Å². The van der Waals surface area contributed by atoms with Gasteiger partial charge in [0.2, 0.25) is 0 Å². The summed E-state index contributed by atoms with van der Waals surface area (Å²) < 4.78 is 38.0. The molecule has 0 aromatic rings. The number of aliphatic hydroxyl groups excluding tert-OH is 1. The second-order valence-corrected chi connectivity index (χ2v) is 6.65. The summed E-state index contributed by atoms with van der Waals surface area (Å²) in [4.78, 5) is 1.37. The lowest BCUT2D eigenvalue weighted by atomic mass is 9.73.